The molecule has 1 aromatic heterocycles. The number of carbonyl (C=O) groups excluding carboxylic acids is 1. The molecular weight excluding hydrogens is 494 g/mol. The van der Waals surface area contributed by atoms with Crippen LogP contribution in [0.3, 0.4) is 0 Å². The van der Waals surface area contributed by atoms with Gasteiger partial charge in [-0.2, -0.15) is 0 Å². The summed E-state index contributed by atoms with van der Waals surface area (Å²) in [6.07, 6.45) is 1.35. The predicted octanol–water partition coefficient (Wildman–Crippen LogP) is 2.87. The third-order valence-electron chi connectivity index (χ3n) is 6.27. The first-order chi connectivity index (χ1) is 18.0. The van der Waals surface area contributed by atoms with Crippen molar-refractivity contribution in [1.29, 1.82) is 0 Å². The van der Waals surface area contributed by atoms with Gasteiger partial charge in [0.15, 0.2) is 5.11 Å². The first-order valence-corrected chi connectivity index (χ1v) is 12.2. The van der Waals surface area contributed by atoms with Gasteiger partial charge in [0.1, 0.15) is 18.0 Å². The Hall–Kier alpha value is -3.80. The summed E-state index contributed by atoms with van der Waals surface area (Å²) in [6, 6.07) is 16.3. The molecule has 2 aliphatic heterocycles. The number of anilines is 2. The van der Waals surface area contributed by atoms with Gasteiger partial charge in [-0.1, -0.05) is 6.07 Å². The molecule has 5 rings (SSSR count). The van der Waals surface area contributed by atoms with Crippen LogP contribution < -0.4 is 20.7 Å². The number of nitrogens with one attached hydrogen (secondary N) is 3. The molecule has 0 spiro atoms. The van der Waals surface area contributed by atoms with E-state index in [2.05, 4.69) is 25.9 Å². The monoisotopic (exact) mass is 521 g/mol. The van der Waals surface area contributed by atoms with E-state index in [-0.39, 0.29) is 24.3 Å². The number of fused-ring (bicyclic) bond motifs is 1. The van der Waals surface area contributed by atoms with E-state index in [9.17, 15) is 4.79 Å². The topological polar surface area (TPSA) is 116 Å². The van der Waals surface area contributed by atoms with Crippen LogP contribution in [0.15, 0.2) is 60.8 Å². The van der Waals surface area contributed by atoms with Gasteiger partial charge in [0, 0.05) is 17.4 Å². The van der Waals surface area contributed by atoms with Gasteiger partial charge >= 0.3 is 5.97 Å². The maximum absolute atomic E-state index is 11.8. The largest absolute Gasteiger partial charge is 0.497 e. The molecule has 0 radical (unpaired) electrons. The molecule has 0 aliphatic carbocycles. The van der Waals surface area contributed by atoms with Crippen LogP contribution in [0.4, 0.5) is 11.6 Å². The van der Waals surface area contributed by atoms with Gasteiger partial charge in [0.05, 0.1) is 50.8 Å². The molecule has 2 fully saturated rings. The number of esters is 1. The summed E-state index contributed by atoms with van der Waals surface area (Å²) in [4.78, 5) is 20.8. The summed E-state index contributed by atoms with van der Waals surface area (Å²) in [7, 11) is 2.98. The highest BCUT2D eigenvalue weighted by molar-refractivity contribution is 7.80. The van der Waals surface area contributed by atoms with E-state index in [0.717, 1.165) is 17.0 Å². The maximum atomic E-state index is 11.8. The van der Waals surface area contributed by atoms with Crippen LogP contribution in [-0.2, 0) is 14.2 Å². The molecule has 4 unspecified atom stereocenters. The lowest BCUT2D eigenvalue weighted by Gasteiger charge is -2.20. The van der Waals surface area contributed by atoms with Crippen LogP contribution in [0.5, 0.6) is 5.75 Å². The number of carbonyl (C=O) groups is 1. The average molecular weight is 522 g/mol. The van der Waals surface area contributed by atoms with E-state index >= 15 is 0 Å². The van der Waals surface area contributed by atoms with Gasteiger partial charge in [-0.25, -0.2) is 14.8 Å². The Balaban J connectivity index is 1.18. The molecule has 37 heavy (non-hydrogen) atoms. The summed E-state index contributed by atoms with van der Waals surface area (Å²) in [5, 5.41) is 10.1. The van der Waals surface area contributed by atoms with Crippen molar-refractivity contribution in [3.63, 3.8) is 0 Å². The average Bonchev–Trinajstić information content (AvgIpc) is 3.51. The van der Waals surface area contributed by atoms with Crippen molar-refractivity contribution < 1.29 is 23.7 Å². The van der Waals surface area contributed by atoms with Crippen LogP contribution in [0.2, 0.25) is 0 Å². The van der Waals surface area contributed by atoms with E-state index in [1.165, 1.54) is 7.11 Å². The van der Waals surface area contributed by atoms with E-state index in [0.29, 0.717) is 35.5 Å². The van der Waals surface area contributed by atoms with Gasteiger partial charge in [0.25, 0.3) is 0 Å². The van der Waals surface area contributed by atoms with Crippen molar-refractivity contribution in [3.05, 3.63) is 66.4 Å². The minimum atomic E-state index is -0.411. The Morgan fingerprint density at radius 2 is 1.78 bits per heavy atom. The van der Waals surface area contributed by atoms with Crippen molar-refractivity contribution in [2.45, 2.75) is 24.3 Å². The molecule has 2 aliphatic rings. The van der Waals surface area contributed by atoms with Crippen LogP contribution in [0, 0.1) is 0 Å². The summed E-state index contributed by atoms with van der Waals surface area (Å²) in [5.41, 5.74) is 2.88. The molecule has 2 saturated heterocycles. The lowest BCUT2D eigenvalue weighted by Crippen LogP contribution is -2.46. The Labute approximate surface area is 219 Å². The lowest BCUT2D eigenvalue weighted by molar-refractivity contribution is 0.0601. The van der Waals surface area contributed by atoms with E-state index < -0.39 is 5.97 Å². The molecule has 3 aromatic rings. The zero-order valence-corrected chi connectivity index (χ0v) is 21.2. The number of rotatable bonds is 7. The SMILES string of the molecule is COC(=O)c1cccc(NC(=S)NC2COC3C(Nc4nccc(-c5ccc(OC)cc5)n4)COC23)c1. The fourth-order valence-corrected chi connectivity index (χ4v) is 4.71. The minimum absolute atomic E-state index is 0.110. The second kappa shape index (κ2) is 11.1. The van der Waals surface area contributed by atoms with Crippen LogP contribution >= 0.6 is 12.2 Å². The molecule has 192 valence electrons. The summed E-state index contributed by atoms with van der Waals surface area (Å²) in [6.45, 7) is 0.884. The number of thiocarbonyl (C=S) groups is 1. The lowest BCUT2D eigenvalue weighted by atomic mass is 10.1. The zero-order chi connectivity index (χ0) is 25.8. The number of aromatic nitrogens is 2. The quantitative estimate of drug-likeness (QED) is 0.315. The molecule has 11 heteroatoms. The number of benzene rings is 2. The van der Waals surface area contributed by atoms with Gasteiger partial charge in [-0.3, -0.25) is 0 Å². The molecule has 0 amide bonds. The Kier molecular flexibility index (Phi) is 7.45. The smallest absolute Gasteiger partial charge is 0.337 e. The Bertz CT molecular complexity index is 1270. The van der Waals surface area contributed by atoms with Gasteiger partial charge in [0.2, 0.25) is 5.95 Å². The van der Waals surface area contributed by atoms with Crippen LogP contribution in [0.25, 0.3) is 11.3 Å². The normalized spacial score (nSPS) is 22.1. The number of nitrogens with zero attached hydrogens (tertiary/aromatic N) is 2. The third-order valence-corrected chi connectivity index (χ3v) is 6.49. The fraction of sp³-hybridized carbons (Fsp3) is 0.308. The highest BCUT2D eigenvalue weighted by atomic mass is 32.1. The first kappa shape index (κ1) is 24.9. The van der Waals surface area contributed by atoms with E-state index in [1.54, 1.807) is 31.5 Å². The third kappa shape index (κ3) is 5.63. The molecule has 2 aromatic carbocycles. The molecule has 4 atom stereocenters. The van der Waals surface area contributed by atoms with Crippen molar-refractivity contribution >= 4 is 34.9 Å². The number of hydrogen-bond donors (Lipinski definition) is 3. The Morgan fingerprint density at radius 3 is 2.54 bits per heavy atom. The predicted molar refractivity (Wildman–Crippen MR) is 142 cm³/mol. The van der Waals surface area contributed by atoms with Gasteiger partial charge < -0.3 is 34.9 Å². The molecule has 3 N–H and O–H groups in total. The van der Waals surface area contributed by atoms with Crippen molar-refractivity contribution in [1.82, 2.24) is 15.3 Å². The summed E-state index contributed by atoms with van der Waals surface area (Å²) in [5.74, 6) is 0.882. The fourth-order valence-electron chi connectivity index (χ4n) is 4.44. The second-order valence-corrected chi connectivity index (χ2v) is 9.03. The summed E-state index contributed by atoms with van der Waals surface area (Å²) >= 11 is 5.49. The van der Waals surface area contributed by atoms with Gasteiger partial charge in [-0.15, -0.1) is 0 Å². The maximum Gasteiger partial charge on any atom is 0.337 e. The first-order valence-electron chi connectivity index (χ1n) is 11.8. The second-order valence-electron chi connectivity index (χ2n) is 8.62. The standard InChI is InChI=1S/C26H27N5O5S/c1-33-18-8-6-15(7-9-18)19-10-11-27-25(29-19)30-20-13-35-23-21(14-36-22(20)23)31-26(37)28-17-5-3-4-16(12-17)24(32)34-2/h3-12,20-23H,13-14H2,1-2H3,(H,27,29,30)(H2,28,31,37). The molecule has 10 nitrogen and oxygen atoms in total. The van der Waals surface area contributed by atoms with Crippen molar-refractivity contribution in [2.24, 2.45) is 0 Å². The minimum Gasteiger partial charge on any atom is -0.497 e. The number of hydrogen-bond acceptors (Lipinski definition) is 9. The molecule has 0 saturated carbocycles. The van der Waals surface area contributed by atoms with Crippen LogP contribution in [0.1, 0.15) is 10.4 Å². The van der Waals surface area contributed by atoms with Crippen LogP contribution in [-0.4, -0.2) is 72.8 Å². The van der Waals surface area contributed by atoms with Crippen molar-refractivity contribution in [2.75, 3.05) is 38.1 Å². The van der Waals surface area contributed by atoms with Crippen molar-refractivity contribution in [3.8, 4) is 17.0 Å². The molecular formula is C26H27N5O5S. The summed E-state index contributed by atoms with van der Waals surface area (Å²) < 4.78 is 22.1. The van der Waals surface area contributed by atoms with E-state index in [1.807, 2.05) is 36.4 Å². The molecule has 3 heterocycles. The van der Waals surface area contributed by atoms with E-state index in [4.69, 9.17) is 31.2 Å². The number of methoxy groups -OCH3 is 2. The van der Waals surface area contributed by atoms with Gasteiger partial charge in [-0.05, 0) is 60.7 Å². The zero-order valence-electron chi connectivity index (χ0n) is 20.3. The highest BCUT2D eigenvalue weighted by Crippen LogP contribution is 2.29. The highest BCUT2D eigenvalue weighted by Gasteiger charge is 2.48. The Morgan fingerprint density at radius 1 is 1.03 bits per heavy atom. The molecule has 0 bridgehead atoms. The number of ether oxygens (including phenoxy) is 4.